The number of carbonyl (C=O) groups is 2. The van der Waals surface area contributed by atoms with Crippen LogP contribution in [0.1, 0.15) is 18.4 Å². The number of carbonyl (C=O) groups excluding carboxylic acids is 2. The van der Waals surface area contributed by atoms with Crippen molar-refractivity contribution in [2.75, 3.05) is 13.1 Å². The lowest BCUT2D eigenvalue weighted by atomic mass is 10.1. The maximum absolute atomic E-state index is 11.9. The minimum atomic E-state index is -0.0932. The van der Waals surface area contributed by atoms with Gasteiger partial charge in [-0.05, 0) is 24.1 Å². The molecular formula is C16H19ClN2O2. The predicted octanol–water partition coefficient (Wildman–Crippen LogP) is 2.18. The topological polar surface area (TPSA) is 49.4 Å². The lowest BCUT2D eigenvalue weighted by molar-refractivity contribution is -0.127. The van der Waals surface area contributed by atoms with Gasteiger partial charge in [0.25, 0.3) is 0 Å². The summed E-state index contributed by atoms with van der Waals surface area (Å²) < 4.78 is 0. The van der Waals surface area contributed by atoms with E-state index in [1.165, 1.54) is 0 Å². The van der Waals surface area contributed by atoms with Crippen LogP contribution in [0.4, 0.5) is 0 Å². The Morgan fingerprint density at radius 3 is 3.05 bits per heavy atom. The van der Waals surface area contributed by atoms with Gasteiger partial charge in [-0.3, -0.25) is 9.59 Å². The molecular weight excluding hydrogens is 288 g/mol. The summed E-state index contributed by atoms with van der Waals surface area (Å²) in [5.41, 5.74) is 1.11. The number of rotatable bonds is 6. The molecule has 1 saturated heterocycles. The smallest absolute Gasteiger partial charge is 0.224 e. The van der Waals surface area contributed by atoms with Crippen LogP contribution in [0.2, 0.25) is 5.02 Å². The van der Waals surface area contributed by atoms with Crippen molar-refractivity contribution in [1.29, 1.82) is 0 Å². The predicted molar refractivity (Wildman–Crippen MR) is 83.1 cm³/mol. The molecule has 1 aliphatic rings. The second kappa shape index (κ2) is 7.27. The van der Waals surface area contributed by atoms with Crippen molar-refractivity contribution in [3.05, 3.63) is 47.5 Å². The van der Waals surface area contributed by atoms with Crippen LogP contribution in [0.25, 0.3) is 0 Å². The summed E-state index contributed by atoms with van der Waals surface area (Å²) in [7, 11) is 0. The zero-order chi connectivity index (χ0) is 15.2. The summed E-state index contributed by atoms with van der Waals surface area (Å²) in [6, 6.07) is 7.55. The maximum atomic E-state index is 11.9. The summed E-state index contributed by atoms with van der Waals surface area (Å²) in [5.74, 6) is 0.000391. The summed E-state index contributed by atoms with van der Waals surface area (Å²) >= 11 is 5.94. The molecule has 0 aliphatic carbocycles. The fourth-order valence-corrected chi connectivity index (χ4v) is 2.67. The van der Waals surface area contributed by atoms with Crippen LogP contribution in [-0.4, -0.2) is 35.8 Å². The third-order valence-corrected chi connectivity index (χ3v) is 3.70. The average molecular weight is 307 g/mol. The molecule has 1 fully saturated rings. The molecule has 21 heavy (non-hydrogen) atoms. The molecule has 1 aromatic carbocycles. The molecule has 0 spiro atoms. The van der Waals surface area contributed by atoms with Gasteiger partial charge in [-0.1, -0.05) is 29.8 Å². The lowest BCUT2D eigenvalue weighted by Gasteiger charge is -2.17. The lowest BCUT2D eigenvalue weighted by Crippen LogP contribution is -2.37. The van der Waals surface area contributed by atoms with E-state index in [1.807, 2.05) is 24.3 Å². The molecule has 2 amide bonds. The van der Waals surface area contributed by atoms with Crippen molar-refractivity contribution in [2.45, 2.75) is 25.3 Å². The normalized spacial score (nSPS) is 17.9. The Balaban J connectivity index is 1.83. The molecule has 1 unspecified atom stereocenters. The first-order valence-corrected chi connectivity index (χ1v) is 7.38. The Morgan fingerprint density at radius 2 is 2.33 bits per heavy atom. The standard InChI is InChI=1S/C16H19ClN2O2/c1-2-4-15(20)18-14-10-16(21)19(11-14)8-7-12-5-3-6-13(17)9-12/h2-3,5-6,9,14H,1,4,7-8,10-11H2,(H,18,20). The van der Waals surface area contributed by atoms with Crippen molar-refractivity contribution < 1.29 is 9.59 Å². The van der Waals surface area contributed by atoms with Gasteiger partial charge >= 0.3 is 0 Å². The molecule has 0 radical (unpaired) electrons. The van der Waals surface area contributed by atoms with Crippen LogP contribution >= 0.6 is 11.6 Å². The largest absolute Gasteiger partial charge is 0.351 e. The molecule has 112 valence electrons. The number of halogens is 1. The minimum Gasteiger partial charge on any atom is -0.351 e. The number of hydrogen-bond acceptors (Lipinski definition) is 2. The molecule has 1 atom stereocenters. The first-order chi connectivity index (χ1) is 10.1. The molecule has 4 nitrogen and oxygen atoms in total. The third-order valence-electron chi connectivity index (χ3n) is 3.47. The summed E-state index contributed by atoms with van der Waals surface area (Å²) in [6.45, 7) is 4.74. The second-order valence-corrected chi connectivity index (χ2v) is 5.62. The first kappa shape index (κ1) is 15.6. The Morgan fingerprint density at radius 1 is 1.52 bits per heavy atom. The van der Waals surface area contributed by atoms with Crippen LogP contribution in [0, 0.1) is 0 Å². The van der Waals surface area contributed by atoms with E-state index >= 15 is 0 Å². The van der Waals surface area contributed by atoms with Crippen molar-refractivity contribution in [2.24, 2.45) is 0 Å². The fourth-order valence-electron chi connectivity index (χ4n) is 2.46. The van der Waals surface area contributed by atoms with E-state index in [4.69, 9.17) is 11.6 Å². The number of likely N-dealkylation sites (tertiary alicyclic amines) is 1. The second-order valence-electron chi connectivity index (χ2n) is 5.18. The highest BCUT2D eigenvalue weighted by atomic mass is 35.5. The van der Waals surface area contributed by atoms with Crippen molar-refractivity contribution in [3.8, 4) is 0 Å². The molecule has 0 saturated carbocycles. The van der Waals surface area contributed by atoms with Crippen molar-refractivity contribution >= 4 is 23.4 Å². The highest BCUT2D eigenvalue weighted by Gasteiger charge is 2.29. The first-order valence-electron chi connectivity index (χ1n) is 7.01. The van der Waals surface area contributed by atoms with Gasteiger partial charge in [-0.15, -0.1) is 6.58 Å². The highest BCUT2D eigenvalue weighted by molar-refractivity contribution is 6.30. The van der Waals surface area contributed by atoms with E-state index in [-0.39, 0.29) is 24.3 Å². The van der Waals surface area contributed by atoms with Gasteiger partial charge in [0.15, 0.2) is 0 Å². The van der Waals surface area contributed by atoms with Gasteiger partial charge in [-0.25, -0.2) is 0 Å². The summed E-state index contributed by atoms with van der Waals surface area (Å²) in [5, 5.41) is 3.56. The Hall–Kier alpha value is -1.81. The van der Waals surface area contributed by atoms with Crippen LogP contribution in [0.3, 0.4) is 0 Å². The van der Waals surface area contributed by atoms with Gasteiger partial charge in [0, 0.05) is 31.0 Å². The van der Waals surface area contributed by atoms with E-state index in [1.54, 1.807) is 11.0 Å². The molecule has 1 N–H and O–H groups in total. The SMILES string of the molecule is C=CCC(=O)NC1CC(=O)N(CCc2cccc(Cl)c2)C1. The van der Waals surface area contributed by atoms with E-state index in [0.29, 0.717) is 24.5 Å². The van der Waals surface area contributed by atoms with Gasteiger partial charge in [0.2, 0.25) is 11.8 Å². The van der Waals surface area contributed by atoms with Gasteiger partial charge < -0.3 is 10.2 Å². The number of nitrogens with zero attached hydrogens (tertiary/aromatic N) is 1. The zero-order valence-electron chi connectivity index (χ0n) is 11.8. The molecule has 1 aromatic rings. The van der Waals surface area contributed by atoms with E-state index in [9.17, 15) is 9.59 Å². The highest BCUT2D eigenvalue weighted by Crippen LogP contribution is 2.15. The molecule has 0 bridgehead atoms. The number of nitrogens with one attached hydrogen (secondary N) is 1. The van der Waals surface area contributed by atoms with Crippen LogP contribution in [0.15, 0.2) is 36.9 Å². The molecule has 2 rings (SSSR count). The Labute approximate surface area is 129 Å². The van der Waals surface area contributed by atoms with Gasteiger partial charge in [0.1, 0.15) is 0 Å². The molecule has 1 heterocycles. The minimum absolute atomic E-state index is 0.0838. The number of amides is 2. The van der Waals surface area contributed by atoms with Gasteiger partial charge in [0.05, 0.1) is 6.04 Å². The van der Waals surface area contributed by atoms with Crippen LogP contribution in [0.5, 0.6) is 0 Å². The van der Waals surface area contributed by atoms with E-state index < -0.39 is 0 Å². The number of hydrogen-bond donors (Lipinski definition) is 1. The summed E-state index contributed by atoms with van der Waals surface area (Å²) in [6.07, 6.45) is 2.98. The maximum Gasteiger partial charge on any atom is 0.224 e. The molecule has 5 heteroatoms. The number of benzene rings is 1. The van der Waals surface area contributed by atoms with Crippen LogP contribution < -0.4 is 5.32 Å². The average Bonchev–Trinajstić information content (AvgIpc) is 2.77. The van der Waals surface area contributed by atoms with E-state index in [0.717, 1.165) is 12.0 Å². The third kappa shape index (κ3) is 4.60. The Kier molecular flexibility index (Phi) is 5.39. The zero-order valence-corrected chi connectivity index (χ0v) is 12.6. The van der Waals surface area contributed by atoms with Crippen molar-refractivity contribution in [3.63, 3.8) is 0 Å². The quantitative estimate of drug-likeness (QED) is 0.819. The summed E-state index contributed by atoms with van der Waals surface area (Å²) in [4.78, 5) is 25.2. The molecule has 0 aromatic heterocycles. The van der Waals surface area contributed by atoms with Crippen molar-refractivity contribution in [1.82, 2.24) is 10.2 Å². The van der Waals surface area contributed by atoms with Gasteiger partial charge in [-0.2, -0.15) is 0 Å². The van der Waals surface area contributed by atoms with Crippen LogP contribution in [-0.2, 0) is 16.0 Å². The Bertz CT molecular complexity index is 545. The fraction of sp³-hybridized carbons (Fsp3) is 0.375. The van der Waals surface area contributed by atoms with E-state index in [2.05, 4.69) is 11.9 Å². The molecule has 1 aliphatic heterocycles. The monoisotopic (exact) mass is 306 g/mol.